The molecule has 2 heterocycles. The minimum atomic E-state index is 0.553. The summed E-state index contributed by atoms with van der Waals surface area (Å²) in [6.45, 7) is 4.34. The van der Waals surface area contributed by atoms with Gasteiger partial charge in [0.2, 0.25) is 0 Å². The highest BCUT2D eigenvalue weighted by Gasteiger charge is 2.00. The molecule has 3 nitrogen and oxygen atoms in total. The molecule has 0 saturated carbocycles. The summed E-state index contributed by atoms with van der Waals surface area (Å²) in [5.41, 5.74) is 2.21. The van der Waals surface area contributed by atoms with Gasteiger partial charge in [-0.3, -0.25) is 4.40 Å². The summed E-state index contributed by atoms with van der Waals surface area (Å²) in [7, 11) is 0. The van der Waals surface area contributed by atoms with E-state index in [9.17, 15) is 0 Å². The predicted molar refractivity (Wildman–Crippen MR) is 47.1 cm³/mol. The second-order valence-corrected chi connectivity index (χ2v) is 3.21. The smallest absolute Gasteiger partial charge is 0.160 e. The van der Waals surface area contributed by atoms with Gasteiger partial charge in [0, 0.05) is 6.20 Å². The van der Waals surface area contributed by atoms with Gasteiger partial charge in [-0.25, -0.2) is 0 Å². The molecule has 2 rings (SSSR count). The van der Waals surface area contributed by atoms with Crippen LogP contribution in [-0.4, -0.2) is 14.6 Å². The number of hydrogen-bond donors (Lipinski definition) is 0. The van der Waals surface area contributed by atoms with Gasteiger partial charge in [0.25, 0.3) is 0 Å². The first-order chi connectivity index (χ1) is 5.77. The molecule has 0 fully saturated rings. The molecule has 0 atom stereocenters. The Morgan fingerprint density at radius 3 is 2.92 bits per heavy atom. The van der Waals surface area contributed by atoms with Crippen molar-refractivity contribution in [1.29, 1.82) is 0 Å². The van der Waals surface area contributed by atoms with Gasteiger partial charge >= 0.3 is 0 Å². The molecule has 0 spiro atoms. The monoisotopic (exact) mass is 161 g/mol. The highest BCUT2D eigenvalue weighted by molar-refractivity contribution is 5.38. The standard InChI is InChI=1S/C9H11N3/c1-7(2)8-3-4-9-11-10-6-12(9)5-8/h3-7H,1-2H3. The quantitative estimate of drug-likeness (QED) is 0.639. The fraction of sp³-hybridized carbons (Fsp3) is 0.333. The molecule has 2 aromatic rings. The third-order valence-electron chi connectivity index (χ3n) is 1.98. The van der Waals surface area contributed by atoms with E-state index in [-0.39, 0.29) is 0 Å². The van der Waals surface area contributed by atoms with Crippen LogP contribution in [0.25, 0.3) is 5.65 Å². The highest BCUT2D eigenvalue weighted by atomic mass is 15.2. The van der Waals surface area contributed by atoms with E-state index < -0.39 is 0 Å². The maximum atomic E-state index is 3.93. The van der Waals surface area contributed by atoms with Crippen molar-refractivity contribution in [3.05, 3.63) is 30.2 Å². The van der Waals surface area contributed by atoms with Crippen LogP contribution in [0, 0.1) is 0 Å². The van der Waals surface area contributed by atoms with Crippen LogP contribution in [0.5, 0.6) is 0 Å². The first-order valence-corrected chi connectivity index (χ1v) is 4.06. The Bertz CT molecular complexity index is 389. The summed E-state index contributed by atoms with van der Waals surface area (Å²) in [6.07, 6.45) is 3.79. The summed E-state index contributed by atoms with van der Waals surface area (Å²) in [4.78, 5) is 0. The average molecular weight is 161 g/mol. The fourth-order valence-corrected chi connectivity index (χ4v) is 1.19. The van der Waals surface area contributed by atoms with Gasteiger partial charge in [0.1, 0.15) is 6.33 Å². The maximum absolute atomic E-state index is 3.93. The summed E-state index contributed by atoms with van der Waals surface area (Å²) in [5.74, 6) is 0.553. The van der Waals surface area contributed by atoms with Crippen molar-refractivity contribution in [2.45, 2.75) is 19.8 Å². The Kier molecular flexibility index (Phi) is 1.57. The van der Waals surface area contributed by atoms with Gasteiger partial charge in [-0.15, -0.1) is 10.2 Å². The van der Waals surface area contributed by atoms with Crippen molar-refractivity contribution in [2.24, 2.45) is 0 Å². The molecule has 0 bridgehead atoms. The van der Waals surface area contributed by atoms with Gasteiger partial charge in [0.05, 0.1) is 0 Å². The summed E-state index contributed by atoms with van der Waals surface area (Å²) in [6, 6.07) is 4.08. The van der Waals surface area contributed by atoms with E-state index in [0.717, 1.165) is 5.65 Å². The number of pyridine rings is 1. The Hall–Kier alpha value is -1.38. The Labute approximate surface area is 71.1 Å². The molecule has 0 aliphatic heterocycles. The fourth-order valence-electron chi connectivity index (χ4n) is 1.19. The molecule has 0 aromatic carbocycles. The molecule has 0 aliphatic rings. The Morgan fingerprint density at radius 1 is 1.33 bits per heavy atom. The maximum Gasteiger partial charge on any atom is 0.160 e. The SMILES string of the molecule is CC(C)c1ccc2nncn2c1. The van der Waals surface area contributed by atoms with Crippen LogP contribution < -0.4 is 0 Å². The highest BCUT2D eigenvalue weighted by Crippen LogP contribution is 2.13. The van der Waals surface area contributed by atoms with Crippen molar-refractivity contribution < 1.29 is 0 Å². The van der Waals surface area contributed by atoms with Crippen molar-refractivity contribution in [3.63, 3.8) is 0 Å². The lowest BCUT2D eigenvalue weighted by Crippen LogP contribution is -1.91. The molecule has 12 heavy (non-hydrogen) atoms. The number of hydrogen-bond acceptors (Lipinski definition) is 2. The molecular formula is C9H11N3. The number of fused-ring (bicyclic) bond motifs is 1. The largest absolute Gasteiger partial charge is 0.289 e. The molecule has 2 aromatic heterocycles. The van der Waals surface area contributed by atoms with Crippen LogP contribution in [0.4, 0.5) is 0 Å². The third kappa shape index (κ3) is 1.07. The zero-order chi connectivity index (χ0) is 8.55. The van der Waals surface area contributed by atoms with Crippen LogP contribution in [-0.2, 0) is 0 Å². The Balaban J connectivity index is 2.60. The zero-order valence-electron chi connectivity index (χ0n) is 7.23. The van der Waals surface area contributed by atoms with Crippen LogP contribution >= 0.6 is 0 Å². The van der Waals surface area contributed by atoms with E-state index in [2.05, 4.69) is 36.3 Å². The van der Waals surface area contributed by atoms with Gasteiger partial charge in [0.15, 0.2) is 5.65 Å². The van der Waals surface area contributed by atoms with E-state index in [1.165, 1.54) is 5.56 Å². The normalized spacial score (nSPS) is 11.2. The number of aromatic nitrogens is 3. The molecule has 0 unspecified atom stereocenters. The Morgan fingerprint density at radius 2 is 2.17 bits per heavy atom. The molecule has 0 saturated heterocycles. The van der Waals surface area contributed by atoms with E-state index in [0.29, 0.717) is 5.92 Å². The lowest BCUT2D eigenvalue weighted by Gasteiger charge is -2.04. The first kappa shape index (κ1) is 7.28. The van der Waals surface area contributed by atoms with Crippen molar-refractivity contribution >= 4 is 5.65 Å². The first-order valence-electron chi connectivity index (χ1n) is 4.06. The van der Waals surface area contributed by atoms with Crippen LogP contribution in [0.2, 0.25) is 0 Å². The lowest BCUT2D eigenvalue weighted by molar-refractivity contribution is 0.853. The van der Waals surface area contributed by atoms with E-state index >= 15 is 0 Å². The average Bonchev–Trinajstić information content (AvgIpc) is 2.49. The summed E-state index contributed by atoms with van der Waals surface area (Å²) in [5, 5.41) is 7.75. The van der Waals surface area contributed by atoms with E-state index in [1.807, 2.05) is 10.5 Å². The van der Waals surface area contributed by atoms with Gasteiger partial charge in [-0.2, -0.15) is 0 Å². The van der Waals surface area contributed by atoms with Gasteiger partial charge in [-0.1, -0.05) is 19.9 Å². The molecule has 62 valence electrons. The van der Waals surface area contributed by atoms with Gasteiger partial charge in [-0.05, 0) is 17.5 Å². The molecule has 0 radical (unpaired) electrons. The molecule has 3 heteroatoms. The summed E-state index contributed by atoms with van der Waals surface area (Å²) >= 11 is 0. The van der Waals surface area contributed by atoms with Crippen molar-refractivity contribution in [1.82, 2.24) is 14.6 Å². The van der Waals surface area contributed by atoms with Crippen LogP contribution in [0.1, 0.15) is 25.3 Å². The molecule has 0 aliphatic carbocycles. The van der Waals surface area contributed by atoms with Crippen LogP contribution in [0.3, 0.4) is 0 Å². The summed E-state index contributed by atoms with van der Waals surface area (Å²) < 4.78 is 1.94. The molecule has 0 N–H and O–H groups in total. The number of rotatable bonds is 1. The molecule has 0 amide bonds. The van der Waals surface area contributed by atoms with Crippen molar-refractivity contribution in [2.75, 3.05) is 0 Å². The third-order valence-corrected chi connectivity index (χ3v) is 1.98. The second-order valence-electron chi connectivity index (χ2n) is 3.21. The minimum Gasteiger partial charge on any atom is -0.289 e. The van der Waals surface area contributed by atoms with Gasteiger partial charge < -0.3 is 0 Å². The minimum absolute atomic E-state index is 0.553. The van der Waals surface area contributed by atoms with Crippen LogP contribution in [0.15, 0.2) is 24.7 Å². The second kappa shape index (κ2) is 2.59. The topological polar surface area (TPSA) is 30.2 Å². The van der Waals surface area contributed by atoms with Crippen molar-refractivity contribution in [3.8, 4) is 0 Å². The number of nitrogens with zero attached hydrogens (tertiary/aromatic N) is 3. The van der Waals surface area contributed by atoms with E-state index in [4.69, 9.17) is 0 Å². The molecular weight excluding hydrogens is 150 g/mol. The van der Waals surface area contributed by atoms with E-state index in [1.54, 1.807) is 6.33 Å². The lowest BCUT2D eigenvalue weighted by atomic mass is 10.1. The predicted octanol–water partition coefficient (Wildman–Crippen LogP) is 1.85. The zero-order valence-corrected chi connectivity index (χ0v) is 7.23.